The zero-order chi connectivity index (χ0) is 22.6. The number of likely N-dealkylation sites (tertiary alicyclic amines) is 1. The number of aliphatic hydroxyl groups excluding tert-OH is 1. The summed E-state index contributed by atoms with van der Waals surface area (Å²) in [6, 6.07) is 7.12. The molecule has 3 aliphatic rings. The van der Waals surface area contributed by atoms with E-state index in [0.717, 1.165) is 10.5 Å². The molecule has 1 aromatic rings. The average molecular weight is 494 g/mol. The van der Waals surface area contributed by atoms with Crippen molar-refractivity contribution < 1.29 is 33.7 Å². The fraction of sp³-hybridized carbons (Fsp3) is 0.500. The van der Waals surface area contributed by atoms with Crippen LogP contribution in [0, 0.1) is 11.8 Å². The summed E-state index contributed by atoms with van der Waals surface area (Å²) in [5, 5.41) is 9.92. The molecule has 166 valence electrons. The first kappa shape index (κ1) is 22.0. The number of alkyl halides is 1. The van der Waals surface area contributed by atoms with Gasteiger partial charge in [-0.15, -0.1) is 0 Å². The maximum atomic E-state index is 12.7. The predicted octanol–water partition coefficient (Wildman–Crippen LogP) is 1.58. The number of rotatable bonds is 7. The van der Waals surface area contributed by atoms with Crippen LogP contribution >= 0.6 is 15.9 Å². The van der Waals surface area contributed by atoms with Gasteiger partial charge < -0.3 is 19.3 Å². The van der Waals surface area contributed by atoms with E-state index in [1.54, 1.807) is 38.1 Å². The fourth-order valence-electron chi connectivity index (χ4n) is 4.31. The van der Waals surface area contributed by atoms with E-state index >= 15 is 0 Å². The van der Waals surface area contributed by atoms with Crippen molar-refractivity contribution in [3.8, 4) is 5.75 Å². The Kier molecular flexibility index (Phi) is 5.27. The molecule has 1 aromatic carbocycles. The molecule has 0 aliphatic carbocycles. The first-order chi connectivity index (χ1) is 14.5. The third-order valence-corrected chi connectivity index (χ3v) is 6.31. The summed E-state index contributed by atoms with van der Waals surface area (Å²) < 4.78 is 16.6. The van der Waals surface area contributed by atoms with Crippen molar-refractivity contribution in [1.82, 2.24) is 4.90 Å². The molecule has 3 aliphatic heterocycles. The number of amides is 2. The maximum Gasteiger partial charge on any atom is 0.322 e. The molecule has 2 saturated heterocycles. The monoisotopic (exact) mass is 493 g/mol. The SMILES string of the molecule is CN1C(=O)[C@@H]2[C@H](C1=O)[C@]1(CO)C=C[C@@]2(Oc2ccc(CCOC(=O)C(C)(C)Br)cc2)O1. The Morgan fingerprint density at radius 1 is 1.19 bits per heavy atom. The van der Waals surface area contributed by atoms with Crippen molar-refractivity contribution in [1.29, 1.82) is 0 Å². The van der Waals surface area contributed by atoms with Gasteiger partial charge in [-0.05, 0) is 43.7 Å². The highest BCUT2D eigenvalue weighted by atomic mass is 79.9. The molecule has 0 aromatic heterocycles. The van der Waals surface area contributed by atoms with Gasteiger partial charge in [0.2, 0.25) is 17.6 Å². The second kappa shape index (κ2) is 7.43. The average Bonchev–Trinajstić information content (AvgIpc) is 3.31. The Hall–Kier alpha value is -2.23. The van der Waals surface area contributed by atoms with E-state index in [1.807, 2.05) is 12.1 Å². The minimum Gasteiger partial charge on any atom is -0.464 e. The van der Waals surface area contributed by atoms with Gasteiger partial charge in [0, 0.05) is 13.5 Å². The summed E-state index contributed by atoms with van der Waals surface area (Å²) in [4.78, 5) is 38.2. The second-order valence-electron chi connectivity index (χ2n) is 8.57. The molecule has 4 atom stereocenters. The number of esters is 1. The van der Waals surface area contributed by atoms with Gasteiger partial charge in [0.25, 0.3) is 0 Å². The van der Waals surface area contributed by atoms with Crippen molar-refractivity contribution >= 4 is 33.7 Å². The normalized spacial score (nSPS) is 31.3. The Labute approximate surface area is 188 Å². The number of carbonyl (C=O) groups is 3. The lowest BCUT2D eigenvalue weighted by molar-refractivity contribution is -0.181. The van der Waals surface area contributed by atoms with E-state index in [9.17, 15) is 19.5 Å². The topological polar surface area (TPSA) is 102 Å². The van der Waals surface area contributed by atoms with Gasteiger partial charge in [0.1, 0.15) is 21.6 Å². The molecule has 4 rings (SSSR count). The number of hydrogen-bond donors (Lipinski definition) is 1. The molecular formula is C22H24BrNO7. The number of benzene rings is 1. The lowest BCUT2D eigenvalue weighted by Crippen LogP contribution is -2.44. The zero-order valence-electron chi connectivity index (χ0n) is 17.5. The number of imide groups is 1. The van der Waals surface area contributed by atoms with Crippen molar-refractivity contribution in [3.05, 3.63) is 42.0 Å². The predicted molar refractivity (Wildman–Crippen MR) is 112 cm³/mol. The highest BCUT2D eigenvalue weighted by Crippen LogP contribution is 2.57. The van der Waals surface area contributed by atoms with Gasteiger partial charge in [-0.3, -0.25) is 19.3 Å². The maximum absolute atomic E-state index is 12.7. The Bertz CT molecular complexity index is 954. The van der Waals surface area contributed by atoms with E-state index in [0.29, 0.717) is 12.2 Å². The third kappa shape index (κ3) is 3.48. The minimum atomic E-state index is -1.44. The van der Waals surface area contributed by atoms with Crippen LogP contribution in [0.15, 0.2) is 36.4 Å². The molecule has 31 heavy (non-hydrogen) atoms. The number of nitrogens with zero attached hydrogens (tertiary/aromatic N) is 1. The summed E-state index contributed by atoms with van der Waals surface area (Å²) in [6.45, 7) is 3.26. The lowest BCUT2D eigenvalue weighted by atomic mass is 9.76. The lowest BCUT2D eigenvalue weighted by Gasteiger charge is -2.29. The van der Waals surface area contributed by atoms with E-state index in [1.165, 1.54) is 7.05 Å². The van der Waals surface area contributed by atoms with Crippen molar-refractivity contribution in [3.63, 3.8) is 0 Å². The Morgan fingerprint density at radius 3 is 2.45 bits per heavy atom. The van der Waals surface area contributed by atoms with Crippen LogP contribution < -0.4 is 4.74 Å². The van der Waals surface area contributed by atoms with E-state index in [-0.39, 0.29) is 24.4 Å². The van der Waals surface area contributed by atoms with Gasteiger partial charge in [-0.1, -0.05) is 28.1 Å². The molecule has 0 radical (unpaired) electrons. The van der Waals surface area contributed by atoms with Crippen LogP contribution in [-0.2, 0) is 30.3 Å². The molecule has 1 N–H and O–H groups in total. The highest BCUT2D eigenvalue weighted by molar-refractivity contribution is 9.10. The highest BCUT2D eigenvalue weighted by Gasteiger charge is 2.74. The fourth-order valence-corrected chi connectivity index (χ4v) is 4.42. The van der Waals surface area contributed by atoms with Gasteiger partial charge in [-0.25, -0.2) is 0 Å². The number of ether oxygens (including phenoxy) is 3. The molecule has 2 fully saturated rings. The van der Waals surface area contributed by atoms with E-state index < -0.39 is 34.2 Å². The molecule has 0 spiro atoms. The van der Waals surface area contributed by atoms with Crippen LogP contribution in [0.2, 0.25) is 0 Å². The summed E-state index contributed by atoms with van der Waals surface area (Å²) in [7, 11) is 1.43. The Morgan fingerprint density at radius 2 is 1.84 bits per heavy atom. The largest absolute Gasteiger partial charge is 0.464 e. The first-order valence-corrected chi connectivity index (χ1v) is 10.8. The number of fused-ring (bicyclic) bond motifs is 5. The summed E-state index contributed by atoms with van der Waals surface area (Å²) in [6.07, 6.45) is 3.77. The van der Waals surface area contributed by atoms with Gasteiger partial charge >= 0.3 is 5.97 Å². The molecule has 0 unspecified atom stereocenters. The van der Waals surface area contributed by atoms with Gasteiger partial charge in [-0.2, -0.15) is 0 Å². The molecule has 2 amide bonds. The molecule has 2 bridgehead atoms. The second-order valence-corrected chi connectivity index (χ2v) is 10.5. The van der Waals surface area contributed by atoms with Crippen LogP contribution in [0.25, 0.3) is 0 Å². The Balaban J connectivity index is 1.46. The third-order valence-electron chi connectivity index (χ3n) is 5.99. The van der Waals surface area contributed by atoms with Crippen molar-refractivity contribution in [2.75, 3.05) is 20.3 Å². The smallest absolute Gasteiger partial charge is 0.322 e. The first-order valence-electron chi connectivity index (χ1n) is 10.00. The number of halogens is 1. The summed E-state index contributed by atoms with van der Waals surface area (Å²) >= 11 is 3.26. The van der Waals surface area contributed by atoms with Crippen LogP contribution in [0.5, 0.6) is 5.75 Å². The van der Waals surface area contributed by atoms with E-state index in [2.05, 4.69) is 15.9 Å². The van der Waals surface area contributed by atoms with Gasteiger partial charge in [0.05, 0.1) is 19.1 Å². The minimum absolute atomic E-state index is 0.246. The van der Waals surface area contributed by atoms with Crippen LogP contribution in [0.4, 0.5) is 0 Å². The summed E-state index contributed by atoms with van der Waals surface area (Å²) in [5.41, 5.74) is -0.316. The standard InChI is InChI=1S/C22H24BrNO7/c1-20(2,23)19(28)29-11-8-13-4-6-14(7-5-13)30-22-10-9-21(12-25,31-22)15-16(22)18(27)24(3)17(15)26/h4-7,9-10,15-16,25H,8,11-12H2,1-3H3/t15-,16+,21-,22-/m1/s1. The zero-order valence-corrected chi connectivity index (χ0v) is 19.0. The van der Waals surface area contributed by atoms with Crippen LogP contribution in [0.3, 0.4) is 0 Å². The quantitative estimate of drug-likeness (QED) is 0.266. The molecule has 3 heterocycles. The molecule has 0 saturated carbocycles. The summed E-state index contributed by atoms with van der Waals surface area (Å²) in [5.74, 6) is -3.75. The van der Waals surface area contributed by atoms with Crippen LogP contribution in [0.1, 0.15) is 19.4 Å². The van der Waals surface area contributed by atoms with Crippen molar-refractivity contribution in [2.45, 2.75) is 36.0 Å². The molecule has 8 nitrogen and oxygen atoms in total. The van der Waals surface area contributed by atoms with Crippen LogP contribution in [-0.4, -0.2) is 63.8 Å². The molecular weight excluding hydrogens is 470 g/mol. The number of carbonyl (C=O) groups excluding carboxylic acids is 3. The number of aliphatic hydroxyl groups is 1. The molecule has 9 heteroatoms. The van der Waals surface area contributed by atoms with Crippen molar-refractivity contribution in [2.24, 2.45) is 11.8 Å². The van der Waals surface area contributed by atoms with Gasteiger partial charge in [0.15, 0.2) is 0 Å². The number of hydrogen-bond acceptors (Lipinski definition) is 7. The van der Waals surface area contributed by atoms with E-state index in [4.69, 9.17) is 14.2 Å².